The highest BCUT2D eigenvalue weighted by Crippen LogP contribution is 2.42. The molecule has 2 aromatic rings. The first-order valence-electron chi connectivity index (χ1n) is 10.2. The van der Waals surface area contributed by atoms with Crippen LogP contribution in [0.1, 0.15) is 70.1 Å². The minimum absolute atomic E-state index is 0.239. The smallest absolute Gasteiger partial charge is 0.201 e. The number of aromatic nitrogens is 1. The van der Waals surface area contributed by atoms with E-state index in [1.54, 1.807) is 0 Å². The Kier molecular flexibility index (Phi) is 5.17. The number of aryl methyl sites for hydroxylation is 2. The van der Waals surface area contributed by atoms with Crippen molar-refractivity contribution >= 4 is 0 Å². The number of hydrogen-bond donors (Lipinski definition) is 0. The van der Waals surface area contributed by atoms with Crippen LogP contribution in [0.4, 0.5) is 0 Å². The molecule has 27 heavy (non-hydrogen) atoms. The van der Waals surface area contributed by atoms with Crippen LogP contribution in [0.25, 0.3) is 11.3 Å². The zero-order valence-electron chi connectivity index (χ0n) is 17.8. The zero-order valence-corrected chi connectivity index (χ0v) is 17.8. The predicted octanol–water partition coefficient (Wildman–Crippen LogP) is 5.76. The minimum Gasteiger partial charge on any atom is -0.201 e. The Morgan fingerprint density at radius 2 is 1.63 bits per heavy atom. The molecule has 0 unspecified atom stereocenters. The van der Waals surface area contributed by atoms with E-state index in [4.69, 9.17) is 0 Å². The largest absolute Gasteiger partial charge is 0.212 e. The molecule has 1 aliphatic carbocycles. The summed E-state index contributed by atoms with van der Waals surface area (Å²) in [5.41, 5.74) is 6.05. The standard InChI is InChI=1S/C25H33N2/c1-18-15-20(25(4,5)19-9-7-8-10-19)11-13-22(18)23-14-12-21(16-27(23)6)24(2,3)17-26/h11-16,19H,7-10H2,1-6H3/q+1. The fourth-order valence-electron chi connectivity index (χ4n) is 4.56. The Hall–Kier alpha value is -2.14. The van der Waals surface area contributed by atoms with Crippen LogP contribution in [-0.2, 0) is 17.9 Å². The Bertz CT molecular complexity index is 878. The van der Waals surface area contributed by atoms with Gasteiger partial charge in [0.1, 0.15) is 7.05 Å². The molecular formula is C25H33N2+. The summed E-state index contributed by atoms with van der Waals surface area (Å²) in [4.78, 5) is 0. The highest BCUT2D eigenvalue weighted by atomic mass is 14.9. The van der Waals surface area contributed by atoms with Gasteiger partial charge in [0.2, 0.25) is 5.69 Å². The monoisotopic (exact) mass is 361 g/mol. The van der Waals surface area contributed by atoms with Crippen LogP contribution >= 0.6 is 0 Å². The molecule has 1 aliphatic rings. The number of nitriles is 1. The molecule has 0 aliphatic heterocycles. The molecule has 0 bridgehead atoms. The quantitative estimate of drug-likeness (QED) is 0.637. The fraction of sp³-hybridized carbons (Fsp3) is 0.520. The van der Waals surface area contributed by atoms with Gasteiger partial charge in [0.15, 0.2) is 6.20 Å². The van der Waals surface area contributed by atoms with Crippen LogP contribution in [0.5, 0.6) is 0 Å². The summed E-state index contributed by atoms with van der Waals surface area (Å²) in [5, 5.41) is 9.41. The van der Waals surface area contributed by atoms with Crippen LogP contribution in [0.15, 0.2) is 36.5 Å². The summed E-state index contributed by atoms with van der Waals surface area (Å²) in [7, 11) is 2.07. The number of rotatable bonds is 4. The molecule has 2 heteroatoms. The molecule has 3 rings (SSSR count). The summed E-state index contributed by atoms with van der Waals surface area (Å²) in [6, 6.07) is 13.6. The maximum absolute atomic E-state index is 9.41. The molecule has 1 fully saturated rings. The van der Waals surface area contributed by atoms with Crippen molar-refractivity contribution in [2.75, 3.05) is 0 Å². The van der Waals surface area contributed by atoms with Gasteiger partial charge in [-0.15, -0.1) is 0 Å². The van der Waals surface area contributed by atoms with Gasteiger partial charge in [-0.05, 0) is 68.2 Å². The van der Waals surface area contributed by atoms with Gasteiger partial charge in [-0.2, -0.15) is 5.26 Å². The van der Waals surface area contributed by atoms with Crippen LogP contribution in [0.2, 0.25) is 0 Å². The summed E-state index contributed by atoms with van der Waals surface area (Å²) < 4.78 is 2.15. The Morgan fingerprint density at radius 1 is 1.00 bits per heavy atom. The molecule has 1 aromatic heterocycles. The van der Waals surface area contributed by atoms with E-state index in [0.29, 0.717) is 0 Å². The van der Waals surface area contributed by atoms with Crippen LogP contribution < -0.4 is 4.57 Å². The summed E-state index contributed by atoms with van der Waals surface area (Å²) in [6.45, 7) is 11.0. The second-order valence-corrected chi connectivity index (χ2v) is 9.38. The van der Waals surface area contributed by atoms with Gasteiger partial charge in [0.25, 0.3) is 0 Å². The van der Waals surface area contributed by atoms with E-state index in [1.807, 2.05) is 13.8 Å². The second-order valence-electron chi connectivity index (χ2n) is 9.38. The topological polar surface area (TPSA) is 27.7 Å². The first-order chi connectivity index (χ1) is 12.7. The maximum Gasteiger partial charge on any atom is 0.212 e. The lowest BCUT2D eigenvalue weighted by atomic mass is 9.72. The number of pyridine rings is 1. The molecule has 1 heterocycles. The third-order valence-electron chi connectivity index (χ3n) is 6.76. The molecule has 0 N–H and O–H groups in total. The molecule has 0 saturated heterocycles. The van der Waals surface area contributed by atoms with Gasteiger partial charge in [0, 0.05) is 17.2 Å². The van der Waals surface area contributed by atoms with E-state index in [-0.39, 0.29) is 5.41 Å². The molecule has 1 saturated carbocycles. The Labute approximate surface area is 164 Å². The van der Waals surface area contributed by atoms with E-state index in [2.05, 4.69) is 75.0 Å². The third-order valence-corrected chi connectivity index (χ3v) is 6.76. The van der Waals surface area contributed by atoms with E-state index < -0.39 is 5.41 Å². The maximum atomic E-state index is 9.41. The molecule has 1 aromatic carbocycles. The Morgan fingerprint density at radius 3 is 2.19 bits per heavy atom. The lowest BCUT2D eigenvalue weighted by molar-refractivity contribution is -0.661. The van der Waals surface area contributed by atoms with Gasteiger partial charge in [0.05, 0.1) is 11.5 Å². The van der Waals surface area contributed by atoms with Crippen molar-refractivity contribution in [2.45, 2.75) is 71.1 Å². The van der Waals surface area contributed by atoms with Gasteiger partial charge < -0.3 is 0 Å². The van der Waals surface area contributed by atoms with Gasteiger partial charge in [-0.25, -0.2) is 4.57 Å². The van der Waals surface area contributed by atoms with Crippen molar-refractivity contribution in [3.63, 3.8) is 0 Å². The molecule has 2 nitrogen and oxygen atoms in total. The Balaban J connectivity index is 1.96. The van der Waals surface area contributed by atoms with Gasteiger partial charge in [-0.3, -0.25) is 0 Å². The average molecular weight is 362 g/mol. The van der Waals surface area contributed by atoms with Crippen molar-refractivity contribution in [1.29, 1.82) is 5.26 Å². The van der Waals surface area contributed by atoms with Gasteiger partial charge >= 0.3 is 0 Å². The van der Waals surface area contributed by atoms with Crippen molar-refractivity contribution in [1.82, 2.24) is 0 Å². The summed E-state index contributed by atoms with van der Waals surface area (Å²) in [5.74, 6) is 0.798. The van der Waals surface area contributed by atoms with Crippen LogP contribution in [0.3, 0.4) is 0 Å². The summed E-state index contributed by atoms with van der Waals surface area (Å²) in [6.07, 6.45) is 7.57. The average Bonchev–Trinajstić information content (AvgIpc) is 3.17. The normalized spacial score (nSPS) is 15.7. The van der Waals surface area contributed by atoms with Crippen molar-refractivity contribution in [2.24, 2.45) is 13.0 Å². The third kappa shape index (κ3) is 3.65. The lowest BCUT2D eigenvalue weighted by Gasteiger charge is -2.32. The van der Waals surface area contributed by atoms with E-state index >= 15 is 0 Å². The lowest BCUT2D eigenvalue weighted by Crippen LogP contribution is -2.33. The number of nitrogens with zero attached hydrogens (tertiary/aromatic N) is 2. The zero-order chi connectivity index (χ0) is 19.8. The number of benzene rings is 1. The SMILES string of the molecule is Cc1cc(C(C)(C)C2CCCC2)ccc1-c1ccc(C(C)(C)C#N)c[n+]1C. The highest BCUT2D eigenvalue weighted by molar-refractivity contribution is 5.62. The van der Waals surface area contributed by atoms with Crippen molar-refractivity contribution in [3.05, 3.63) is 53.2 Å². The van der Waals surface area contributed by atoms with Crippen molar-refractivity contribution in [3.8, 4) is 17.3 Å². The molecule has 0 atom stereocenters. The van der Waals surface area contributed by atoms with E-state index in [0.717, 1.165) is 11.5 Å². The highest BCUT2D eigenvalue weighted by Gasteiger charge is 2.33. The van der Waals surface area contributed by atoms with E-state index in [1.165, 1.54) is 48.1 Å². The summed E-state index contributed by atoms with van der Waals surface area (Å²) >= 11 is 0. The first-order valence-corrected chi connectivity index (χ1v) is 10.2. The molecule has 0 spiro atoms. The van der Waals surface area contributed by atoms with Crippen LogP contribution in [0, 0.1) is 24.2 Å². The fourth-order valence-corrected chi connectivity index (χ4v) is 4.56. The first kappa shape index (κ1) is 19.6. The molecule has 142 valence electrons. The van der Waals surface area contributed by atoms with Crippen molar-refractivity contribution < 1.29 is 4.57 Å². The number of hydrogen-bond acceptors (Lipinski definition) is 1. The molecule has 0 amide bonds. The molecular weight excluding hydrogens is 328 g/mol. The van der Waals surface area contributed by atoms with Gasteiger partial charge in [-0.1, -0.05) is 38.8 Å². The second kappa shape index (κ2) is 7.12. The predicted molar refractivity (Wildman–Crippen MR) is 111 cm³/mol. The molecule has 0 radical (unpaired) electrons. The van der Waals surface area contributed by atoms with Crippen LogP contribution in [-0.4, -0.2) is 0 Å². The van der Waals surface area contributed by atoms with E-state index in [9.17, 15) is 5.26 Å². The minimum atomic E-state index is -0.472.